The molecule has 0 aromatic heterocycles. The van der Waals surface area contributed by atoms with Crippen LogP contribution >= 0.6 is 7.82 Å². The number of phosphoric ester groups is 1. The molecule has 0 fully saturated rings. The first kappa shape index (κ1) is 15.5. The first-order chi connectivity index (χ1) is 7.49. The van der Waals surface area contributed by atoms with E-state index in [0.29, 0.717) is 32.5 Å². The maximum Gasteiger partial charge on any atom is 0.469 e. The van der Waals surface area contributed by atoms with Crippen molar-refractivity contribution in [1.29, 1.82) is 5.26 Å². The Labute approximate surface area is 94.5 Å². The molecule has 0 aliphatic heterocycles. The van der Waals surface area contributed by atoms with Crippen LogP contribution in [0.15, 0.2) is 0 Å². The van der Waals surface area contributed by atoms with Crippen molar-refractivity contribution >= 4 is 7.82 Å². The van der Waals surface area contributed by atoms with Gasteiger partial charge in [-0.15, -0.1) is 0 Å². The average Bonchev–Trinajstić information content (AvgIpc) is 2.19. The van der Waals surface area contributed by atoms with E-state index in [-0.39, 0.29) is 13.2 Å². The lowest BCUT2D eigenvalue weighted by molar-refractivity contribution is 0.141. The van der Waals surface area contributed by atoms with Gasteiger partial charge in [-0.2, -0.15) is 5.26 Å². The van der Waals surface area contributed by atoms with Crippen LogP contribution < -0.4 is 0 Å². The Morgan fingerprint density at radius 3 is 2.50 bits per heavy atom. The summed E-state index contributed by atoms with van der Waals surface area (Å²) >= 11 is 0. The van der Waals surface area contributed by atoms with Gasteiger partial charge in [-0.25, -0.2) is 9.67 Å². The van der Waals surface area contributed by atoms with Crippen molar-refractivity contribution in [3.05, 3.63) is 0 Å². The van der Waals surface area contributed by atoms with Gasteiger partial charge in [0.15, 0.2) is 0 Å². The van der Waals surface area contributed by atoms with Gasteiger partial charge in [0.25, 0.3) is 0 Å². The minimum Gasteiger partial charge on any atom is -0.303 e. The molecule has 0 saturated carbocycles. The van der Waals surface area contributed by atoms with Gasteiger partial charge in [0.2, 0.25) is 0 Å². The highest BCUT2D eigenvalue weighted by molar-refractivity contribution is 7.46. The number of hydrogen-bond donors (Lipinski definition) is 2. The lowest BCUT2D eigenvalue weighted by Gasteiger charge is -2.20. The van der Waals surface area contributed by atoms with Crippen LogP contribution in [-0.2, 0) is 14.2 Å². The molecule has 0 unspecified atom stereocenters. The third-order valence-corrected chi connectivity index (χ3v) is 2.34. The molecule has 7 nitrogen and oxygen atoms in total. The van der Waals surface area contributed by atoms with E-state index in [1.807, 2.05) is 6.07 Å². The Balaban J connectivity index is 3.82. The lowest BCUT2D eigenvalue weighted by atomic mass is 10.3. The van der Waals surface area contributed by atoms with Crippen LogP contribution in [0.4, 0.5) is 0 Å². The molecule has 0 atom stereocenters. The second-order valence-electron chi connectivity index (χ2n) is 3.13. The number of phosphoric acid groups is 1. The molecule has 0 spiro atoms. The summed E-state index contributed by atoms with van der Waals surface area (Å²) in [4.78, 5) is 18.7. The second-order valence-corrected chi connectivity index (χ2v) is 4.37. The highest BCUT2D eigenvalue weighted by Crippen LogP contribution is 2.35. The minimum atomic E-state index is -4.43. The molecule has 0 aliphatic carbocycles. The molecule has 0 amide bonds. The fourth-order valence-corrected chi connectivity index (χ4v) is 1.44. The van der Waals surface area contributed by atoms with Crippen molar-refractivity contribution < 1.29 is 24.0 Å². The number of nitriles is 1. The number of nitrogens with zero attached hydrogens (tertiary/aromatic N) is 2. The number of rotatable bonds is 9. The molecule has 0 aliphatic rings. The molecule has 0 heterocycles. The molecule has 8 heteroatoms. The van der Waals surface area contributed by atoms with Gasteiger partial charge in [-0.1, -0.05) is 0 Å². The third-order valence-electron chi connectivity index (χ3n) is 1.83. The van der Waals surface area contributed by atoms with Crippen molar-refractivity contribution in [2.75, 3.05) is 32.8 Å². The quantitative estimate of drug-likeness (QED) is 0.563. The molecule has 0 rings (SSSR count). The highest BCUT2D eigenvalue weighted by atomic mass is 31.2. The zero-order valence-electron chi connectivity index (χ0n) is 8.91. The fraction of sp³-hybridized carbons (Fsp3) is 0.875. The Kier molecular flexibility index (Phi) is 8.39. The molecule has 93 valence electrons. The summed E-state index contributed by atoms with van der Waals surface area (Å²) in [6.07, 6.45) is 0.760. The standard InChI is InChI=1S/C8H16N2O5P/c9-3-1-4-10(5-2-7-11)6-8-15-16(12,13)14/h1-2,4-8H2,(H2,12,13,14). The Morgan fingerprint density at radius 2 is 2.00 bits per heavy atom. The Bertz CT molecular complexity index is 262. The first-order valence-electron chi connectivity index (χ1n) is 4.87. The monoisotopic (exact) mass is 251 g/mol. The average molecular weight is 251 g/mol. The number of hydrogen-bond acceptors (Lipinski definition) is 4. The summed E-state index contributed by atoms with van der Waals surface area (Å²) in [7, 11) is -4.43. The molecule has 2 N–H and O–H groups in total. The fourth-order valence-electron chi connectivity index (χ4n) is 1.12. The SMILES string of the molecule is N#CCCN(CCC[O])CCOP(=O)(O)O. The van der Waals surface area contributed by atoms with Crippen molar-refractivity contribution in [2.45, 2.75) is 12.8 Å². The molecule has 0 aromatic rings. The van der Waals surface area contributed by atoms with Gasteiger partial charge in [-0.3, -0.25) is 9.42 Å². The van der Waals surface area contributed by atoms with Crippen molar-refractivity contribution in [2.24, 2.45) is 0 Å². The predicted molar refractivity (Wildman–Crippen MR) is 54.8 cm³/mol. The lowest BCUT2D eigenvalue weighted by Crippen LogP contribution is -2.29. The van der Waals surface area contributed by atoms with Crippen LogP contribution in [0, 0.1) is 11.3 Å². The summed E-state index contributed by atoms with van der Waals surface area (Å²) in [6, 6.07) is 1.97. The molecule has 16 heavy (non-hydrogen) atoms. The normalized spacial score (nSPS) is 11.7. The Hall–Kier alpha value is -0.480. The van der Waals surface area contributed by atoms with Crippen molar-refractivity contribution in [3.63, 3.8) is 0 Å². The van der Waals surface area contributed by atoms with E-state index < -0.39 is 7.82 Å². The van der Waals surface area contributed by atoms with Crippen LogP contribution in [0.3, 0.4) is 0 Å². The summed E-state index contributed by atoms with van der Waals surface area (Å²) in [6.45, 7) is 0.959. The van der Waals surface area contributed by atoms with Gasteiger partial charge in [-0.05, 0) is 6.42 Å². The molecular formula is C8H16N2O5P. The van der Waals surface area contributed by atoms with Gasteiger partial charge >= 0.3 is 7.82 Å². The van der Waals surface area contributed by atoms with Gasteiger partial charge in [0.1, 0.15) is 0 Å². The summed E-state index contributed by atoms with van der Waals surface area (Å²) in [5, 5.41) is 18.7. The summed E-state index contributed by atoms with van der Waals surface area (Å²) < 4.78 is 14.7. The van der Waals surface area contributed by atoms with E-state index in [2.05, 4.69) is 4.52 Å². The molecule has 0 aromatic carbocycles. The van der Waals surface area contributed by atoms with E-state index in [4.69, 9.17) is 15.0 Å². The van der Waals surface area contributed by atoms with Crippen LogP contribution in [0.25, 0.3) is 0 Å². The smallest absolute Gasteiger partial charge is 0.303 e. The van der Waals surface area contributed by atoms with Gasteiger partial charge in [0.05, 0.1) is 19.3 Å². The van der Waals surface area contributed by atoms with Crippen LogP contribution in [-0.4, -0.2) is 47.5 Å². The molecule has 1 radical (unpaired) electrons. The molecule has 0 bridgehead atoms. The van der Waals surface area contributed by atoms with Crippen LogP contribution in [0.5, 0.6) is 0 Å². The van der Waals surface area contributed by atoms with E-state index in [1.165, 1.54) is 0 Å². The van der Waals surface area contributed by atoms with Crippen LogP contribution in [0.2, 0.25) is 0 Å². The van der Waals surface area contributed by atoms with E-state index >= 15 is 0 Å². The first-order valence-corrected chi connectivity index (χ1v) is 6.40. The summed E-state index contributed by atoms with van der Waals surface area (Å²) in [5.74, 6) is 0. The van der Waals surface area contributed by atoms with Crippen molar-refractivity contribution in [1.82, 2.24) is 4.90 Å². The predicted octanol–water partition coefficient (Wildman–Crippen LogP) is 0.132. The third kappa shape index (κ3) is 10.1. The highest BCUT2D eigenvalue weighted by Gasteiger charge is 2.14. The second kappa shape index (κ2) is 8.65. The topological polar surface area (TPSA) is 114 Å². The minimum absolute atomic E-state index is 0.117. The summed E-state index contributed by atoms with van der Waals surface area (Å²) in [5.41, 5.74) is 0. The molecule has 0 saturated heterocycles. The van der Waals surface area contributed by atoms with E-state index in [1.54, 1.807) is 4.90 Å². The van der Waals surface area contributed by atoms with Gasteiger partial charge in [0, 0.05) is 26.1 Å². The van der Waals surface area contributed by atoms with E-state index in [9.17, 15) is 9.67 Å². The van der Waals surface area contributed by atoms with Crippen molar-refractivity contribution in [3.8, 4) is 6.07 Å². The zero-order chi connectivity index (χ0) is 12.4. The zero-order valence-corrected chi connectivity index (χ0v) is 9.80. The maximum absolute atomic E-state index is 10.4. The largest absolute Gasteiger partial charge is 0.469 e. The maximum atomic E-state index is 10.4. The van der Waals surface area contributed by atoms with Gasteiger partial charge < -0.3 is 9.79 Å². The van der Waals surface area contributed by atoms with E-state index in [0.717, 1.165) is 0 Å². The Morgan fingerprint density at radius 1 is 1.31 bits per heavy atom. The molecular weight excluding hydrogens is 235 g/mol. The van der Waals surface area contributed by atoms with Crippen LogP contribution in [0.1, 0.15) is 12.8 Å².